The first-order valence-corrected chi connectivity index (χ1v) is 6.39. The summed E-state index contributed by atoms with van der Waals surface area (Å²) in [6, 6.07) is 0. The lowest BCUT2D eigenvalue weighted by Gasteiger charge is -2.30. The Morgan fingerprint density at radius 2 is 1.56 bits per heavy atom. The van der Waals surface area contributed by atoms with Crippen molar-refractivity contribution in [3.63, 3.8) is 0 Å². The number of nitrogens with two attached hydrogens (primary N) is 1. The number of hydrogen-bond donors (Lipinski definition) is 1. The van der Waals surface area contributed by atoms with Crippen LogP contribution in [0.25, 0.3) is 0 Å². The minimum atomic E-state index is 0.258. The van der Waals surface area contributed by atoms with Crippen LogP contribution in [-0.2, 0) is 9.47 Å². The van der Waals surface area contributed by atoms with Gasteiger partial charge in [-0.15, -0.1) is 0 Å². The molecule has 0 spiro atoms. The van der Waals surface area contributed by atoms with E-state index in [9.17, 15) is 0 Å². The van der Waals surface area contributed by atoms with E-state index in [0.717, 1.165) is 46.1 Å². The molecule has 4 heteroatoms. The SMILES string of the molecule is CCOCCN(CCOCC)C1(CN)CC1. The van der Waals surface area contributed by atoms with Gasteiger partial charge in [0, 0.05) is 38.4 Å². The fourth-order valence-electron chi connectivity index (χ4n) is 2.02. The fourth-order valence-corrected chi connectivity index (χ4v) is 2.02. The monoisotopic (exact) mass is 230 g/mol. The Morgan fingerprint density at radius 1 is 1.06 bits per heavy atom. The van der Waals surface area contributed by atoms with E-state index in [1.54, 1.807) is 0 Å². The van der Waals surface area contributed by atoms with E-state index in [2.05, 4.69) is 4.90 Å². The lowest BCUT2D eigenvalue weighted by molar-refractivity contribution is 0.0576. The van der Waals surface area contributed by atoms with Gasteiger partial charge in [-0.2, -0.15) is 0 Å². The molecule has 0 radical (unpaired) electrons. The van der Waals surface area contributed by atoms with E-state index < -0.39 is 0 Å². The molecule has 0 bridgehead atoms. The summed E-state index contributed by atoms with van der Waals surface area (Å²) in [4.78, 5) is 2.44. The van der Waals surface area contributed by atoms with Crippen molar-refractivity contribution in [1.82, 2.24) is 4.90 Å². The molecule has 16 heavy (non-hydrogen) atoms. The third kappa shape index (κ3) is 4.01. The first-order valence-electron chi connectivity index (χ1n) is 6.39. The summed E-state index contributed by atoms with van der Waals surface area (Å²) in [5.74, 6) is 0. The Bertz CT molecular complexity index is 174. The summed E-state index contributed by atoms with van der Waals surface area (Å²) in [5.41, 5.74) is 6.11. The van der Waals surface area contributed by atoms with Crippen molar-refractivity contribution >= 4 is 0 Å². The minimum absolute atomic E-state index is 0.258. The van der Waals surface area contributed by atoms with Gasteiger partial charge in [-0.05, 0) is 26.7 Å². The Morgan fingerprint density at radius 3 is 1.88 bits per heavy atom. The predicted molar refractivity (Wildman–Crippen MR) is 65.6 cm³/mol. The van der Waals surface area contributed by atoms with Gasteiger partial charge in [-0.25, -0.2) is 0 Å². The van der Waals surface area contributed by atoms with Crippen LogP contribution >= 0.6 is 0 Å². The summed E-state index contributed by atoms with van der Waals surface area (Å²) in [6.45, 7) is 9.92. The first kappa shape index (κ1) is 13.9. The van der Waals surface area contributed by atoms with Crippen molar-refractivity contribution in [3.8, 4) is 0 Å². The molecular weight excluding hydrogens is 204 g/mol. The molecule has 1 fully saturated rings. The van der Waals surface area contributed by atoms with E-state index in [1.807, 2.05) is 13.8 Å². The number of rotatable bonds is 10. The summed E-state index contributed by atoms with van der Waals surface area (Å²) < 4.78 is 10.8. The summed E-state index contributed by atoms with van der Waals surface area (Å²) in [6.07, 6.45) is 2.45. The van der Waals surface area contributed by atoms with E-state index in [4.69, 9.17) is 15.2 Å². The fraction of sp³-hybridized carbons (Fsp3) is 1.00. The van der Waals surface area contributed by atoms with E-state index in [-0.39, 0.29) is 5.54 Å². The molecule has 0 amide bonds. The third-order valence-corrected chi connectivity index (χ3v) is 3.30. The molecule has 0 aromatic carbocycles. The molecule has 0 aliphatic heterocycles. The molecule has 1 aliphatic carbocycles. The maximum absolute atomic E-state index is 5.85. The standard InChI is InChI=1S/C12H26N2O2/c1-3-15-9-7-14(8-10-16-4-2)12(11-13)5-6-12/h3-11,13H2,1-2H3. The normalized spacial score (nSPS) is 18.0. The average Bonchev–Trinajstić information content (AvgIpc) is 3.08. The van der Waals surface area contributed by atoms with Crippen molar-refractivity contribution in [3.05, 3.63) is 0 Å². The van der Waals surface area contributed by atoms with Crippen LogP contribution in [-0.4, -0.2) is 56.5 Å². The van der Waals surface area contributed by atoms with Gasteiger partial charge < -0.3 is 15.2 Å². The van der Waals surface area contributed by atoms with Crippen LogP contribution in [0.15, 0.2) is 0 Å². The zero-order valence-corrected chi connectivity index (χ0v) is 10.7. The third-order valence-electron chi connectivity index (χ3n) is 3.30. The Hall–Kier alpha value is -0.160. The smallest absolute Gasteiger partial charge is 0.0593 e. The van der Waals surface area contributed by atoms with E-state index >= 15 is 0 Å². The van der Waals surface area contributed by atoms with Crippen LogP contribution in [0.3, 0.4) is 0 Å². The average molecular weight is 230 g/mol. The van der Waals surface area contributed by atoms with Crippen molar-refractivity contribution in [1.29, 1.82) is 0 Å². The zero-order valence-electron chi connectivity index (χ0n) is 10.7. The van der Waals surface area contributed by atoms with Crippen LogP contribution in [0, 0.1) is 0 Å². The molecule has 1 rings (SSSR count). The topological polar surface area (TPSA) is 47.7 Å². The number of hydrogen-bond acceptors (Lipinski definition) is 4. The molecular formula is C12H26N2O2. The Balaban J connectivity index is 2.30. The molecule has 2 N–H and O–H groups in total. The zero-order chi connectivity index (χ0) is 11.9. The van der Waals surface area contributed by atoms with E-state index in [0.29, 0.717) is 0 Å². The molecule has 1 aliphatic rings. The van der Waals surface area contributed by atoms with Crippen LogP contribution in [0.2, 0.25) is 0 Å². The van der Waals surface area contributed by atoms with Gasteiger partial charge in [-0.1, -0.05) is 0 Å². The second-order valence-corrected chi connectivity index (χ2v) is 4.31. The highest BCUT2D eigenvalue weighted by Gasteiger charge is 2.46. The summed E-state index contributed by atoms with van der Waals surface area (Å²) in [5, 5.41) is 0. The molecule has 1 saturated carbocycles. The molecule has 0 unspecified atom stereocenters. The molecule has 96 valence electrons. The lowest BCUT2D eigenvalue weighted by Crippen LogP contribution is -2.46. The highest BCUT2D eigenvalue weighted by atomic mass is 16.5. The van der Waals surface area contributed by atoms with Crippen LogP contribution in [0.4, 0.5) is 0 Å². The predicted octanol–water partition coefficient (Wildman–Crippen LogP) is 0.853. The summed E-state index contributed by atoms with van der Waals surface area (Å²) >= 11 is 0. The van der Waals surface area contributed by atoms with Gasteiger partial charge in [0.25, 0.3) is 0 Å². The molecule has 4 nitrogen and oxygen atoms in total. The maximum atomic E-state index is 5.85. The highest BCUT2D eigenvalue weighted by molar-refractivity contribution is 5.04. The number of ether oxygens (including phenoxy) is 2. The van der Waals surface area contributed by atoms with Crippen molar-refractivity contribution in [2.75, 3.05) is 46.1 Å². The van der Waals surface area contributed by atoms with Gasteiger partial charge in [0.1, 0.15) is 0 Å². The second kappa shape index (κ2) is 7.22. The van der Waals surface area contributed by atoms with E-state index in [1.165, 1.54) is 12.8 Å². The van der Waals surface area contributed by atoms with Crippen molar-refractivity contribution in [2.45, 2.75) is 32.2 Å². The van der Waals surface area contributed by atoms with Gasteiger partial charge in [0.05, 0.1) is 13.2 Å². The lowest BCUT2D eigenvalue weighted by atomic mass is 10.2. The molecule has 0 saturated heterocycles. The van der Waals surface area contributed by atoms with Crippen LogP contribution in [0.5, 0.6) is 0 Å². The Labute approximate surface area is 99.1 Å². The Kier molecular flexibility index (Phi) is 6.28. The number of nitrogens with zero attached hydrogens (tertiary/aromatic N) is 1. The molecule has 0 aromatic heterocycles. The van der Waals surface area contributed by atoms with Crippen molar-refractivity contribution < 1.29 is 9.47 Å². The molecule has 0 atom stereocenters. The first-order chi connectivity index (χ1) is 7.79. The maximum Gasteiger partial charge on any atom is 0.0593 e. The van der Waals surface area contributed by atoms with Crippen LogP contribution in [0.1, 0.15) is 26.7 Å². The van der Waals surface area contributed by atoms with Gasteiger partial charge >= 0.3 is 0 Å². The van der Waals surface area contributed by atoms with Gasteiger partial charge in [-0.3, -0.25) is 4.90 Å². The van der Waals surface area contributed by atoms with Crippen LogP contribution < -0.4 is 5.73 Å². The minimum Gasteiger partial charge on any atom is -0.380 e. The summed E-state index contributed by atoms with van der Waals surface area (Å²) in [7, 11) is 0. The van der Waals surface area contributed by atoms with Gasteiger partial charge in [0.15, 0.2) is 0 Å². The largest absolute Gasteiger partial charge is 0.380 e. The van der Waals surface area contributed by atoms with Gasteiger partial charge in [0.2, 0.25) is 0 Å². The quantitative estimate of drug-likeness (QED) is 0.565. The molecule has 0 heterocycles. The second-order valence-electron chi connectivity index (χ2n) is 4.31. The molecule has 0 aromatic rings. The highest BCUT2D eigenvalue weighted by Crippen LogP contribution is 2.40. The van der Waals surface area contributed by atoms with Crippen molar-refractivity contribution in [2.24, 2.45) is 5.73 Å².